The van der Waals surface area contributed by atoms with Crippen LogP contribution in [0.5, 0.6) is 0 Å². The van der Waals surface area contributed by atoms with E-state index >= 15 is 0 Å². The van der Waals surface area contributed by atoms with E-state index in [0.29, 0.717) is 6.54 Å². The number of rotatable bonds is 7. The van der Waals surface area contributed by atoms with Gasteiger partial charge in [0.25, 0.3) is 0 Å². The summed E-state index contributed by atoms with van der Waals surface area (Å²) in [6.45, 7) is 2.07. The quantitative estimate of drug-likeness (QED) is 0.610. The molecular formula is C22H22FN3OS2. The van der Waals surface area contributed by atoms with Crippen LogP contribution in [0.15, 0.2) is 71.2 Å². The number of hydrogen-bond donors (Lipinski definition) is 1. The highest BCUT2D eigenvalue weighted by atomic mass is 32.2. The average molecular weight is 428 g/mol. The lowest BCUT2D eigenvalue weighted by molar-refractivity contribution is -0.125. The summed E-state index contributed by atoms with van der Waals surface area (Å²) in [7, 11) is 0. The van der Waals surface area contributed by atoms with Gasteiger partial charge in [0.15, 0.2) is 0 Å². The average Bonchev–Trinajstić information content (AvgIpc) is 3.39. The lowest BCUT2D eigenvalue weighted by Crippen LogP contribution is -2.42. The molecule has 2 atom stereocenters. The summed E-state index contributed by atoms with van der Waals surface area (Å²) in [6.07, 6.45) is 4.26. The van der Waals surface area contributed by atoms with Gasteiger partial charge in [0, 0.05) is 47.1 Å². The number of thioether (sulfide) groups is 1. The van der Waals surface area contributed by atoms with E-state index in [1.54, 1.807) is 47.6 Å². The molecule has 0 aliphatic carbocycles. The molecule has 1 saturated heterocycles. The minimum absolute atomic E-state index is 0.0487. The third-order valence-electron chi connectivity index (χ3n) is 4.91. The Morgan fingerprint density at radius 2 is 2.10 bits per heavy atom. The van der Waals surface area contributed by atoms with Gasteiger partial charge in [-0.3, -0.25) is 14.7 Å². The Kier molecular flexibility index (Phi) is 6.59. The number of hydrogen-bond acceptors (Lipinski definition) is 5. The summed E-state index contributed by atoms with van der Waals surface area (Å²) < 4.78 is 13.2. The number of benzene rings is 1. The largest absolute Gasteiger partial charge is 0.351 e. The van der Waals surface area contributed by atoms with Gasteiger partial charge in [-0.05, 0) is 53.8 Å². The van der Waals surface area contributed by atoms with Crippen molar-refractivity contribution >= 4 is 29.0 Å². The van der Waals surface area contributed by atoms with E-state index in [0.717, 1.165) is 30.0 Å². The maximum absolute atomic E-state index is 13.2. The Bertz CT molecular complexity index is 919. The third-order valence-corrected chi connectivity index (χ3v) is 6.99. The van der Waals surface area contributed by atoms with E-state index in [1.807, 2.05) is 18.2 Å². The fourth-order valence-corrected chi connectivity index (χ4v) is 5.46. The van der Waals surface area contributed by atoms with Crippen LogP contribution in [0, 0.1) is 5.82 Å². The molecule has 7 heteroatoms. The van der Waals surface area contributed by atoms with Gasteiger partial charge < -0.3 is 5.32 Å². The summed E-state index contributed by atoms with van der Waals surface area (Å²) >= 11 is 3.43. The van der Waals surface area contributed by atoms with Crippen molar-refractivity contribution in [3.63, 3.8) is 0 Å². The highest BCUT2D eigenvalue weighted by Crippen LogP contribution is 2.34. The van der Waals surface area contributed by atoms with Crippen LogP contribution >= 0.6 is 23.1 Å². The zero-order valence-electron chi connectivity index (χ0n) is 15.8. The van der Waals surface area contributed by atoms with Crippen molar-refractivity contribution < 1.29 is 9.18 Å². The van der Waals surface area contributed by atoms with Crippen molar-refractivity contribution in [1.29, 1.82) is 0 Å². The Labute approximate surface area is 178 Å². The molecule has 4 rings (SSSR count). The molecule has 0 bridgehead atoms. The van der Waals surface area contributed by atoms with Gasteiger partial charge in [-0.25, -0.2) is 4.39 Å². The van der Waals surface area contributed by atoms with Gasteiger partial charge in [-0.1, -0.05) is 12.1 Å². The van der Waals surface area contributed by atoms with Gasteiger partial charge in [0.1, 0.15) is 5.82 Å². The molecule has 1 aromatic carbocycles. The van der Waals surface area contributed by atoms with Crippen LogP contribution in [0.4, 0.5) is 4.39 Å². The first-order valence-electron chi connectivity index (χ1n) is 9.52. The molecule has 1 amide bonds. The summed E-state index contributed by atoms with van der Waals surface area (Å²) in [4.78, 5) is 21.6. The van der Waals surface area contributed by atoms with Crippen molar-refractivity contribution in [2.45, 2.75) is 35.7 Å². The zero-order valence-corrected chi connectivity index (χ0v) is 17.5. The third kappa shape index (κ3) is 5.44. The van der Waals surface area contributed by atoms with Gasteiger partial charge in [-0.15, -0.1) is 23.1 Å². The number of pyridine rings is 1. The predicted molar refractivity (Wildman–Crippen MR) is 115 cm³/mol. The van der Waals surface area contributed by atoms with Gasteiger partial charge >= 0.3 is 0 Å². The Morgan fingerprint density at radius 3 is 2.83 bits per heavy atom. The number of carbonyl (C=O) groups excluding carboxylic acids is 1. The maximum Gasteiger partial charge on any atom is 0.237 e. The molecule has 29 heavy (non-hydrogen) atoms. The predicted octanol–water partition coefficient (Wildman–Crippen LogP) is 4.33. The van der Waals surface area contributed by atoms with Crippen LogP contribution in [-0.4, -0.2) is 33.6 Å². The molecule has 0 unspecified atom stereocenters. The topological polar surface area (TPSA) is 45.2 Å². The Hall–Kier alpha value is -2.22. The molecule has 0 saturated carbocycles. The zero-order chi connectivity index (χ0) is 20.1. The molecule has 4 nitrogen and oxygen atoms in total. The fraction of sp³-hybridized carbons (Fsp3) is 0.273. The molecule has 1 fully saturated rings. The molecule has 1 aliphatic heterocycles. The molecule has 2 aromatic heterocycles. The molecule has 1 aliphatic rings. The van der Waals surface area contributed by atoms with E-state index < -0.39 is 0 Å². The second-order valence-electron chi connectivity index (χ2n) is 7.03. The summed E-state index contributed by atoms with van der Waals surface area (Å²) in [6, 6.07) is 14.4. The highest BCUT2D eigenvalue weighted by molar-refractivity contribution is 8.00. The molecule has 3 aromatic rings. The minimum atomic E-state index is -0.229. The van der Waals surface area contributed by atoms with Crippen LogP contribution in [0.1, 0.15) is 16.9 Å². The monoisotopic (exact) mass is 427 g/mol. The number of thiophene rings is 1. The molecule has 3 heterocycles. The Morgan fingerprint density at radius 1 is 1.24 bits per heavy atom. The van der Waals surface area contributed by atoms with E-state index in [4.69, 9.17) is 0 Å². The van der Waals surface area contributed by atoms with Crippen LogP contribution in [-0.2, 0) is 17.9 Å². The summed E-state index contributed by atoms with van der Waals surface area (Å²) in [5.41, 5.74) is 0.987. The summed E-state index contributed by atoms with van der Waals surface area (Å²) in [5, 5.41) is 5.42. The fourth-order valence-electron chi connectivity index (χ4n) is 3.51. The van der Waals surface area contributed by atoms with E-state index in [9.17, 15) is 9.18 Å². The van der Waals surface area contributed by atoms with Crippen LogP contribution in [0.3, 0.4) is 0 Å². The number of amides is 1. The van der Waals surface area contributed by atoms with Gasteiger partial charge in [-0.2, -0.15) is 0 Å². The smallest absolute Gasteiger partial charge is 0.237 e. The van der Waals surface area contributed by atoms with Crippen LogP contribution in [0.2, 0.25) is 0 Å². The molecule has 0 radical (unpaired) electrons. The second-order valence-corrected chi connectivity index (χ2v) is 9.44. The van der Waals surface area contributed by atoms with Gasteiger partial charge in [0.05, 0.1) is 6.04 Å². The first-order valence-corrected chi connectivity index (χ1v) is 11.3. The van der Waals surface area contributed by atoms with Crippen molar-refractivity contribution in [3.8, 4) is 0 Å². The second kappa shape index (κ2) is 9.52. The van der Waals surface area contributed by atoms with Gasteiger partial charge in [0.2, 0.25) is 5.91 Å². The number of nitrogens with one attached hydrogen (secondary N) is 1. The minimum Gasteiger partial charge on any atom is -0.351 e. The first kappa shape index (κ1) is 20.1. The number of likely N-dealkylation sites (tertiary alicyclic amines) is 1. The van der Waals surface area contributed by atoms with Crippen LogP contribution in [0.25, 0.3) is 0 Å². The first-order chi connectivity index (χ1) is 14.2. The number of halogens is 1. The van der Waals surface area contributed by atoms with Crippen molar-refractivity contribution in [1.82, 2.24) is 15.2 Å². The highest BCUT2D eigenvalue weighted by Gasteiger charge is 2.37. The Balaban J connectivity index is 1.42. The number of carbonyl (C=O) groups is 1. The molecule has 150 valence electrons. The van der Waals surface area contributed by atoms with Crippen molar-refractivity contribution in [3.05, 3.63) is 82.6 Å². The lowest BCUT2D eigenvalue weighted by Gasteiger charge is -2.23. The normalized spacial score (nSPS) is 19.3. The van der Waals surface area contributed by atoms with Crippen LogP contribution < -0.4 is 5.32 Å². The standard InChI is InChI=1S/C22H22FN3OS2/c23-17-5-7-18(8-6-17)29-20-11-21(26(15-20)14-19-4-2-10-28-19)22(27)25-13-16-3-1-9-24-12-16/h1-10,12,20-21H,11,13-15H2,(H,25,27)/t20-,21+/m1/s1. The molecule has 1 N–H and O–H groups in total. The van der Waals surface area contributed by atoms with E-state index in [-0.39, 0.29) is 23.0 Å². The lowest BCUT2D eigenvalue weighted by atomic mass is 10.2. The summed E-state index contributed by atoms with van der Waals surface area (Å²) in [5.74, 6) is -0.180. The molecular weight excluding hydrogens is 405 g/mol. The van der Waals surface area contributed by atoms with Crippen molar-refractivity contribution in [2.24, 2.45) is 0 Å². The van der Waals surface area contributed by atoms with E-state index in [2.05, 4.69) is 26.6 Å². The van der Waals surface area contributed by atoms with Crippen molar-refractivity contribution in [2.75, 3.05) is 6.54 Å². The number of nitrogens with zero attached hydrogens (tertiary/aromatic N) is 2. The number of aromatic nitrogens is 1. The SMILES string of the molecule is O=C(NCc1cccnc1)[C@@H]1C[C@@H](Sc2ccc(F)cc2)CN1Cc1cccs1. The maximum atomic E-state index is 13.2. The molecule has 0 spiro atoms. The van der Waals surface area contributed by atoms with E-state index in [1.165, 1.54) is 17.0 Å².